The molecule has 1 unspecified atom stereocenters. The van der Waals surface area contributed by atoms with Gasteiger partial charge < -0.3 is 19.7 Å². The topological polar surface area (TPSA) is 71.1 Å². The zero-order valence-corrected chi connectivity index (χ0v) is 19.1. The molecule has 34 heavy (non-hydrogen) atoms. The molecule has 1 saturated heterocycles. The van der Waals surface area contributed by atoms with Crippen LogP contribution in [0.3, 0.4) is 0 Å². The second-order valence-electron chi connectivity index (χ2n) is 8.00. The van der Waals surface area contributed by atoms with Crippen LogP contribution in [0.15, 0.2) is 48.5 Å². The number of amides is 2. The second kappa shape index (κ2) is 11.2. The number of rotatable bonds is 8. The maximum atomic E-state index is 12.6. The number of aryl methyl sites for hydroxylation is 1. The molecule has 2 aromatic carbocycles. The van der Waals surface area contributed by atoms with Crippen LogP contribution in [0.4, 0.5) is 18.9 Å². The molecule has 2 aromatic rings. The summed E-state index contributed by atoms with van der Waals surface area (Å²) in [4.78, 5) is 29.0. The van der Waals surface area contributed by atoms with E-state index < -0.39 is 12.4 Å². The van der Waals surface area contributed by atoms with Gasteiger partial charge in [0.15, 0.2) is 0 Å². The van der Waals surface area contributed by atoms with Crippen LogP contribution in [0.25, 0.3) is 0 Å². The number of piperazine rings is 1. The van der Waals surface area contributed by atoms with E-state index in [1.807, 2.05) is 34.1 Å². The van der Waals surface area contributed by atoms with Crippen molar-refractivity contribution in [3.8, 4) is 11.5 Å². The first-order chi connectivity index (χ1) is 16.1. The minimum Gasteiger partial charge on any atom is -0.497 e. The van der Waals surface area contributed by atoms with Crippen molar-refractivity contribution >= 4 is 17.5 Å². The third-order valence-electron chi connectivity index (χ3n) is 5.74. The van der Waals surface area contributed by atoms with Gasteiger partial charge in [-0.15, -0.1) is 13.2 Å². The zero-order valence-electron chi connectivity index (χ0n) is 19.1. The van der Waals surface area contributed by atoms with Gasteiger partial charge >= 0.3 is 6.36 Å². The van der Waals surface area contributed by atoms with Crippen LogP contribution in [0, 0.1) is 0 Å². The molecule has 0 aromatic heterocycles. The summed E-state index contributed by atoms with van der Waals surface area (Å²) in [5.41, 5.74) is 1.44. The number of carbonyl (C=O) groups is 2. The molecule has 7 nitrogen and oxygen atoms in total. The first-order valence-electron chi connectivity index (χ1n) is 11.0. The summed E-state index contributed by atoms with van der Waals surface area (Å²) >= 11 is 0. The maximum absolute atomic E-state index is 12.6. The standard InChI is InChI=1S/C24H28F3N3O4/c1-17(23(32)28-19-6-10-21(11-7-19)34-24(25,26)27)29-13-15-30(16-14-29)22(31)12-5-18-3-8-20(33-2)9-4-18/h3-4,6-11,17H,5,12-16H2,1-2H3,(H,28,32). The molecule has 0 radical (unpaired) electrons. The van der Waals surface area contributed by atoms with Crippen LogP contribution in [0.5, 0.6) is 11.5 Å². The molecule has 1 aliphatic rings. The summed E-state index contributed by atoms with van der Waals surface area (Å²) in [5, 5.41) is 2.70. The molecule has 10 heteroatoms. The van der Waals surface area contributed by atoms with Crippen molar-refractivity contribution in [3.05, 3.63) is 54.1 Å². The Balaban J connectivity index is 1.42. The van der Waals surface area contributed by atoms with Crippen LogP contribution in [-0.2, 0) is 16.0 Å². The average Bonchev–Trinajstić information content (AvgIpc) is 2.82. The van der Waals surface area contributed by atoms with Crippen molar-refractivity contribution in [1.29, 1.82) is 0 Å². The predicted molar refractivity (Wildman–Crippen MR) is 121 cm³/mol. The van der Waals surface area contributed by atoms with Crippen molar-refractivity contribution in [1.82, 2.24) is 9.80 Å². The zero-order chi connectivity index (χ0) is 24.7. The number of nitrogens with one attached hydrogen (secondary N) is 1. The van der Waals surface area contributed by atoms with E-state index in [0.717, 1.165) is 23.4 Å². The van der Waals surface area contributed by atoms with Crippen molar-refractivity contribution < 1.29 is 32.2 Å². The smallest absolute Gasteiger partial charge is 0.497 e. The number of alkyl halides is 3. The average molecular weight is 479 g/mol. The number of hydrogen-bond donors (Lipinski definition) is 1. The minimum atomic E-state index is -4.77. The number of hydrogen-bond acceptors (Lipinski definition) is 5. The molecule has 1 atom stereocenters. The van der Waals surface area contributed by atoms with E-state index in [1.165, 1.54) is 12.1 Å². The van der Waals surface area contributed by atoms with Gasteiger partial charge in [-0.2, -0.15) is 0 Å². The number of methoxy groups -OCH3 is 1. The first kappa shape index (κ1) is 25.4. The van der Waals surface area contributed by atoms with E-state index in [9.17, 15) is 22.8 Å². The number of ether oxygens (including phenoxy) is 2. The molecule has 1 aliphatic heterocycles. The normalized spacial score (nSPS) is 15.5. The third kappa shape index (κ3) is 7.38. The molecule has 3 rings (SSSR count). The molecule has 184 valence electrons. The summed E-state index contributed by atoms with van der Waals surface area (Å²) in [7, 11) is 1.61. The number of carbonyl (C=O) groups excluding carboxylic acids is 2. The molecule has 0 bridgehead atoms. The lowest BCUT2D eigenvalue weighted by Crippen LogP contribution is -2.54. The summed E-state index contributed by atoms with van der Waals surface area (Å²) < 4.78 is 45.8. The molecule has 0 saturated carbocycles. The summed E-state index contributed by atoms with van der Waals surface area (Å²) in [6.07, 6.45) is -3.70. The van der Waals surface area contributed by atoms with Crippen LogP contribution in [0.2, 0.25) is 0 Å². The predicted octanol–water partition coefficient (Wildman–Crippen LogP) is 3.70. The van der Waals surface area contributed by atoms with E-state index in [2.05, 4.69) is 10.1 Å². The number of halogens is 3. The van der Waals surface area contributed by atoms with E-state index in [-0.39, 0.29) is 17.6 Å². The fraction of sp³-hybridized carbons (Fsp3) is 0.417. The van der Waals surface area contributed by atoms with Gasteiger partial charge in [0.25, 0.3) is 0 Å². The molecular weight excluding hydrogens is 451 g/mol. The molecule has 0 aliphatic carbocycles. The monoisotopic (exact) mass is 479 g/mol. The van der Waals surface area contributed by atoms with Crippen LogP contribution >= 0.6 is 0 Å². The van der Waals surface area contributed by atoms with Crippen molar-refractivity contribution in [2.45, 2.75) is 32.2 Å². The summed E-state index contributed by atoms with van der Waals surface area (Å²) in [6.45, 7) is 3.94. The Kier molecular flexibility index (Phi) is 8.38. The van der Waals surface area contributed by atoms with Gasteiger partial charge in [-0.3, -0.25) is 14.5 Å². The van der Waals surface area contributed by atoms with Crippen LogP contribution < -0.4 is 14.8 Å². The van der Waals surface area contributed by atoms with Gasteiger partial charge in [0.05, 0.1) is 13.2 Å². The SMILES string of the molecule is COc1ccc(CCC(=O)N2CCN(C(C)C(=O)Nc3ccc(OC(F)(F)F)cc3)CC2)cc1. The maximum Gasteiger partial charge on any atom is 0.573 e. The minimum absolute atomic E-state index is 0.0775. The van der Waals surface area contributed by atoms with Gasteiger partial charge in [-0.05, 0) is 55.3 Å². The Hall–Kier alpha value is -3.27. The lowest BCUT2D eigenvalue weighted by atomic mass is 10.1. The highest BCUT2D eigenvalue weighted by atomic mass is 19.4. The Morgan fingerprint density at radius 2 is 1.56 bits per heavy atom. The fourth-order valence-corrected chi connectivity index (χ4v) is 3.71. The Morgan fingerprint density at radius 3 is 2.12 bits per heavy atom. The second-order valence-corrected chi connectivity index (χ2v) is 8.00. The van der Waals surface area contributed by atoms with Crippen molar-refractivity contribution in [3.63, 3.8) is 0 Å². The van der Waals surface area contributed by atoms with Gasteiger partial charge in [0.2, 0.25) is 11.8 Å². The van der Waals surface area contributed by atoms with E-state index in [0.29, 0.717) is 44.7 Å². The number of nitrogens with zero attached hydrogens (tertiary/aromatic N) is 2. The van der Waals surface area contributed by atoms with Gasteiger partial charge in [0.1, 0.15) is 11.5 Å². The highest BCUT2D eigenvalue weighted by Crippen LogP contribution is 2.24. The van der Waals surface area contributed by atoms with Crippen LogP contribution in [0.1, 0.15) is 18.9 Å². The largest absolute Gasteiger partial charge is 0.573 e. The first-order valence-corrected chi connectivity index (χ1v) is 11.0. The van der Waals surface area contributed by atoms with Crippen LogP contribution in [-0.4, -0.2) is 67.3 Å². The summed E-state index contributed by atoms with van der Waals surface area (Å²) in [6, 6.07) is 12.2. The van der Waals surface area contributed by atoms with Crippen molar-refractivity contribution in [2.24, 2.45) is 0 Å². The Labute approximate surface area is 196 Å². The highest BCUT2D eigenvalue weighted by molar-refractivity contribution is 5.94. The lowest BCUT2D eigenvalue weighted by Gasteiger charge is -2.37. The molecular formula is C24H28F3N3O4. The highest BCUT2D eigenvalue weighted by Gasteiger charge is 2.31. The Bertz CT molecular complexity index is 957. The van der Waals surface area contributed by atoms with E-state index in [1.54, 1.807) is 14.0 Å². The quantitative estimate of drug-likeness (QED) is 0.625. The Morgan fingerprint density at radius 1 is 0.971 bits per heavy atom. The van der Waals surface area contributed by atoms with Gasteiger partial charge in [0, 0.05) is 38.3 Å². The lowest BCUT2D eigenvalue weighted by molar-refractivity contribution is -0.274. The van der Waals surface area contributed by atoms with Gasteiger partial charge in [-0.25, -0.2) is 0 Å². The molecule has 1 fully saturated rings. The number of benzene rings is 2. The van der Waals surface area contributed by atoms with Gasteiger partial charge in [-0.1, -0.05) is 12.1 Å². The van der Waals surface area contributed by atoms with Crippen molar-refractivity contribution in [2.75, 3.05) is 38.6 Å². The molecule has 2 amide bonds. The fourth-order valence-electron chi connectivity index (χ4n) is 3.71. The summed E-state index contributed by atoms with van der Waals surface area (Å²) in [5.74, 6) is 0.223. The van der Waals surface area contributed by atoms with E-state index >= 15 is 0 Å². The molecule has 0 spiro atoms. The van der Waals surface area contributed by atoms with E-state index in [4.69, 9.17) is 4.74 Å². The third-order valence-corrected chi connectivity index (χ3v) is 5.74. The molecule has 1 heterocycles. The molecule has 1 N–H and O–H groups in total. The number of anilines is 1.